The summed E-state index contributed by atoms with van der Waals surface area (Å²) < 4.78 is 0. The van der Waals surface area contributed by atoms with Crippen LogP contribution in [0.15, 0.2) is 0 Å². The van der Waals surface area contributed by atoms with E-state index in [0.29, 0.717) is 5.41 Å². The molecule has 1 aliphatic rings. The molecule has 1 rings (SSSR count). The molecule has 0 spiro atoms. The third kappa shape index (κ3) is 1.91. The molecule has 1 heterocycles. The minimum absolute atomic E-state index is 0.621. The highest BCUT2D eigenvalue weighted by molar-refractivity contribution is 7.16. The maximum atomic E-state index is 3.36. The average molecular weight is 145 g/mol. The zero-order valence-corrected chi connectivity index (χ0v) is 7.27. The van der Waals surface area contributed by atoms with Gasteiger partial charge in [-0.05, 0) is 37.5 Å². The molecular formula is C7H16NP. The molecule has 2 heteroatoms. The highest BCUT2D eigenvalue weighted by atomic mass is 31.0. The lowest BCUT2D eigenvalue weighted by Gasteiger charge is -2.32. The Bertz CT molecular complexity index is 86.9. The number of hydrogen-bond acceptors (Lipinski definition) is 1. The topological polar surface area (TPSA) is 12.0 Å². The third-order valence-electron chi connectivity index (χ3n) is 2.30. The van der Waals surface area contributed by atoms with E-state index in [4.69, 9.17) is 0 Å². The van der Waals surface area contributed by atoms with Crippen molar-refractivity contribution in [3.63, 3.8) is 0 Å². The van der Waals surface area contributed by atoms with E-state index in [1.165, 1.54) is 32.1 Å². The van der Waals surface area contributed by atoms with E-state index < -0.39 is 0 Å². The van der Waals surface area contributed by atoms with Crippen molar-refractivity contribution in [2.75, 3.05) is 19.3 Å². The standard InChI is InChI=1S/C7H16NP/c1-7(6-9)2-4-8-5-3-7/h8H,2-6,9H2,1H3. The van der Waals surface area contributed by atoms with Gasteiger partial charge in [0.2, 0.25) is 0 Å². The van der Waals surface area contributed by atoms with Crippen LogP contribution in [0.2, 0.25) is 0 Å². The molecule has 1 unspecified atom stereocenters. The Labute approximate surface area is 59.8 Å². The predicted molar refractivity (Wildman–Crippen MR) is 44.8 cm³/mol. The fraction of sp³-hybridized carbons (Fsp3) is 1.00. The van der Waals surface area contributed by atoms with Gasteiger partial charge in [-0.1, -0.05) is 6.92 Å². The molecule has 1 N–H and O–H groups in total. The van der Waals surface area contributed by atoms with E-state index in [-0.39, 0.29) is 0 Å². The molecule has 1 saturated heterocycles. The summed E-state index contributed by atoms with van der Waals surface area (Å²) in [6.07, 6.45) is 3.95. The lowest BCUT2D eigenvalue weighted by Crippen LogP contribution is -2.35. The van der Waals surface area contributed by atoms with E-state index in [2.05, 4.69) is 21.5 Å². The fourth-order valence-electron chi connectivity index (χ4n) is 1.23. The molecule has 1 fully saturated rings. The van der Waals surface area contributed by atoms with Crippen molar-refractivity contribution < 1.29 is 0 Å². The van der Waals surface area contributed by atoms with E-state index >= 15 is 0 Å². The van der Waals surface area contributed by atoms with Gasteiger partial charge in [0.15, 0.2) is 0 Å². The SMILES string of the molecule is CC1(CP)CCNCC1. The molecule has 0 aromatic heterocycles. The Morgan fingerprint density at radius 1 is 1.44 bits per heavy atom. The van der Waals surface area contributed by atoms with Gasteiger partial charge in [-0.15, -0.1) is 9.24 Å². The van der Waals surface area contributed by atoms with Crippen LogP contribution in [0.3, 0.4) is 0 Å². The van der Waals surface area contributed by atoms with E-state index in [0.717, 1.165) is 0 Å². The first kappa shape index (κ1) is 7.50. The van der Waals surface area contributed by atoms with Gasteiger partial charge in [-0.3, -0.25) is 0 Å². The first-order valence-corrected chi connectivity index (χ1v) is 4.49. The smallest absolute Gasteiger partial charge is 0.00436 e. The quantitative estimate of drug-likeness (QED) is 0.547. The second-order valence-corrected chi connectivity index (χ2v) is 3.67. The van der Waals surface area contributed by atoms with Crippen molar-refractivity contribution in [2.24, 2.45) is 5.41 Å². The van der Waals surface area contributed by atoms with Gasteiger partial charge in [0.25, 0.3) is 0 Å². The van der Waals surface area contributed by atoms with Gasteiger partial charge in [-0.25, -0.2) is 0 Å². The van der Waals surface area contributed by atoms with Gasteiger partial charge >= 0.3 is 0 Å². The van der Waals surface area contributed by atoms with Gasteiger partial charge in [0, 0.05) is 0 Å². The molecule has 0 aromatic rings. The minimum Gasteiger partial charge on any atom is -0.317 e. The van der Waals surface area contributed by atoms with Crippen LogP contribution in [0.5, 0.6) is 0 Å². The normalized spacial score (nSPS) is 26.0. The zero-order valence-electron chi connectivity index (χ0n) is 6.11. The Kier molecular flexibility index (Phi) is 2.49. The van der Waals surface area contributed by atoms with Crippen molar-refractivity contribution in [1.29, 1.82) is 0 Å². The molecule has 54 valence electrons. The third-order valence-corrected chi connectivity index (χ3v) is 3.29. The Morgan fingerprint density at radius 3 is 2.33 bits per heavy atom. The molecule has 1 atom stereocenters. The van der Waals surface area contributed by atoms with E-state index in [9.17, 15) is 0 Å². The summed E-state index contributed by atoms with van der Waals surface area (Å²) >= 11 is 0. The monoisotopic (exact) mass is 145 g/mol. The van der Waals surface area contributed by atoms with E-state index in [1.54, 1.807) is 0 Å². The lowest BCUT2D eigenvalue weighted by molar-refractivity contribution is 0.266. The van der Waals surface area contributed by atoms with Crippen molar-refractivity contribution in [3.05, 3.63) is 0 Å². The zero-order chi connectivity index (χ0) is 6.74. The van der Waals surface area contributed by atoms with Gasteiger partial charge in [0.05, 0.1) is 0 Å². The summed E-state index contributed by atoms with van der Waals surface area (Å²) in [5, 5.41) is 3.36. The Balaban J connectivity index is 2.37. The van der Waals surface area contributed by atoms with Crippen LogP contribution in [-0.4, -0.2) is 19.3 Å². The highest BCUT2D eigenvalue weighted by Gasteiger charge is 2.23. The molecular weight excluding hydrogens is 129 g/mol. The van der Waals surface area contributed by atoms with Gasteiger partial charge in [0.1, 0.15) is 0 Å². The molecule has 1 nitrogen and oxygen atoms in total. The molecule has 0 saturated carbocycles. The maximum absolute atomic E-state index is 3.36. The van der Waals surface area contributed by atoms with Crippen molar-refractivity contribution in [2.45, 2.75) is 19.8 Å². The first-order valence-electron chi connectivity index (χ1n) is 3.68. The van der Waals surface area contributed by atoms with Crippen LogP contribution in [0, 0.1) is 5.41 Å². The molecule has 0 aromatic carbocycles. The van der Waals surface area contributed by atoms with Crippen LogP contribution in [-0.2, 0) is 0 Å². The summed E-state index contributed by atoms with van der Waals surface area (Å²) in [7, 11) is 2.85. The number of hydrogen-bond donors (Lipinski definition) is 1. The van der Waals surface area contributed by atoms with Gasteiger partial charge in [-0.2, -0.15) is 0 Å². The fourth-order valence-corrected chi connectivity index (χ4v) is 1.64. The Hall–Kier alpha value is 0.390. The summed E-state index contributed by atoms with van der Waals surface area (Å²) in [5.74, 6) is 0. The summed E-state index contributed by atoms with van der Waals surface area (Å²) in [6.45, 7) is 4.80. The number of nitrogens with one attached hydrogen (secondary N) is 1. The number of piperidine rings is 1. The predicted octanol–water partition coefficient (Wildman–Crippen LogP) is 1.25. The van der Waals surface area contributed by atoms with Crippen LogP contribution in [0.1, 0.15) is 19.8 Å². The first-order chi connectivity index (χ1) is 4.27. The molecule has 9 heavy (non-hydrogen) atoms. The molecule has 0 bridgehead atoms. The minimum atomic E-state index is 0.621. The van der Waals surface area contributed by atoms with Crippen LogP contribution in [0.25, 0.3) is 0 Å². The summed E-state index contributed by atoms with van der Waals surface area (Å²) in [4.78, 5) is 0. The van der Waals surface area contributed by atoms with Crippen molar-refractivity contribution in [1.82, 2.24) is 5.32 Å². The second-order valence-electron chi connectivity index (χ2n) is 3.26. The van der Waals surface area contributed by atoms with Crippen molar-refractivity contribution in [3.8, 4) is 0 Å². The van der Waals surface area contributed by atoms with Gasteiger partial charge < -0.3 is 5.32 Å². The van der Waals surface area contributed by atoms with Crippen LogP contribution in [0.4, 0.5) is 0 Å². The van der Waals surface area contributed by atoms with E-state index in [1.807, 2.05) is 0 Å². The lowest BCUT2D eigenvalue weighted by atomic mass is 9.83. The Morgan fingerprint density at radius 2 is 2.00 bits per heavy atom. The number of rotatable bonds is 1. The summed E-state index contributed by atoms with van der Waals surface area (Å²) in [6, 6.07) is 0. The van der Waals surface area contributed by atoms with Crippen LogP contribution < -0.4 is 5.32 Å². The molecule has 0 radical (unpaired) electrons. The maximum Gasteiger partial charge on any atom is -0.00436 e. The molecule has 0 amide bonds. The second kappa shape index (κ2) is 2.98. The average Bonchev–Trinajstić information content (AvgIpc) is 1.90. The molecule has 1 aliphatic heterocycles. The summed E-state index contributed by atoms with van der Waals surface area (Å²) in [5.41, 5.74) is 0.621. The van der Waals surface area contributed by atoms with Crippen molar-refractivity contribution >= 4 is 9.24 Å². The van der Waals surface area contributed by atoms with Crippen LogP contribution >= 0.6 is 9.24 Å². The largest absolute Gasteiger partial charge is 0.317 e. The highest BCUT2D eigenvalue weighted by Crippen LogP contribution is 2.29. The molecule has 0 aliphatic carbocycles.